The molecule has 0 aliphatic carbocycles. The van der Waals surface area contributed by atoms with E-state index in [4.69, 9.17) is 0 Å². The van der Waals surface area contributed by atoms with E-state index in [1.165, 1.54) is 4.31 Å². The molecule has 8 heteroatoms. The van der Waals surface area contributed by atoms with Gasteiger partial charge in [0.15, 0.2) is 0 Å². The van der Waals surface area contributed by atoms with Crippen LogP contribution in [0, 0.1) is 0 Å². The molecule has 0 spiro atoms. The number of piperazine rings is 1. The fraction of sp³-hybridized carbons (Fsp3) is 0.474. The van der Waals surface area contributed by atoms with Crippen LogP contribution in [-0.4, -0.2) is 59.5 Å². The first-order valence-electron chi connectivity index (χ1n) is 9.03. The summed E-state index contributed by atoms with van der Waals surface area (Å²) in [5, 5.41) is 4.27. The minimum atomic E-state index is -3.39. The van der Waals surface area contributed by atoms with Crippen LogP contribution in [0.2, 0.25) is 0 Å². The lowest BCUT2D eigenvalue weighted by atomic mass is 10.1. The summed E-state index contributed by atoms with van der Waals surface area (Å²) in [4.78, 5) is 14.4. The van der Waals surface area contributed by atoms with Crippen LogP contribution in [0.25, 0.3) is 0 Å². The summed E-state index contributed by atoms with van der Waals surface area (Å²) in [6.07, 6.45) is 3.33. The Morgan fingerprint density at radius 3 is 2.26 bits per heavy atom. The molecule has 2 aromatic rings. The second-order valence-electron chi connectivity index (χ2n) is 7.78. The maximum Gasteiger partial charge on any atom is 0.257 e. The van der Waals surface area contributed by atoms with E-state index in [1.54, 1.807) is 22.0 Å². The molecule has 7 nitrogen and oxygen atoms in total. The zero-order valence-electron chi connectivity index (χ0n) is 16.0. The highest BCUT2D eigenvalue weighted by atomic mass is 32.2. The molecule has 1 aliphatic heterocycles. The Morgan fingerprint density at radius 2 is 1.70 bits per heavy atom. The molecule has 2 heterocycles. The number of nitrogens with zero attached hydrogens (tertiary/aromatic N) is 4. The average molecular weight is 391 g/mol. The number of hydrogen-bond donors (Lipinski definition) is 0. The minimum absolute atomic E-state index is 0.0138. The van der Waals surface area contributed by atoms with E-state index < -0.39 is 10.0 Å². The monoisotopic (exact) mass is 390 g/mol. The molecule has 1 aliphatic rings. The van der Waals surface area contributed by atoms with Gasteiger partial charge >= 0.3 is 0 Å². The van der Waals surface area contributed by atoms with E-state index in [9.17, 15) is 13.2 Å². The summed E-state index contributed by atoms with van der Waals surface area (Å²) < 4.78 is 28.5. The van der Waals surface area contributed by atoms with Gasteiger partial charge in [0.2, 0.25) is 10.0 Å². The Balaban J connectivity index is 1.61. The molecular formula is C19H26N4O3S. The first-order valence-corrected chi connectivity index (χ1v) is 10.6. The van der Waals surface area contributed by atoms with Gasteiger partial charge in [-0.1, -0.05) is 30.3 Å². The molecule has 1 aromatic heterocycles. The number of sulfonamides is 1. The number of hydrogen-bond acceptors (Lipinski definition) is 4. The van der Waals surface area contributed by atoms with Crippen LogP contribution in [0.4, 0.5) is 0 Å². The molecule has 3 rings (SSSR count). The summed E-state index contributed by atoms with van der Waals surface area (Å²) in [6.45, 7) is 7.45. The lowest BCUT2D eigenvalue weighted by molar-refractivity contribution is 0.0697. The second kappa shape index (κ2) is 7.44. The van der Waals surface area contributed by atoms with Crippen LogP contribution >= 0.6 is 0 Å². The molecule has 146 valence electrons. The van der Waals surface area contributed by atoms with Crippen molar-refractivity contribution in [3.63, 3.8) is 0 Å². The van der Waals surface area contributed by atoms with Crippen LogP contribution in [0.15, 0.2) is 42.7 Å². The standard InChI is InChI=1S/C19H26N4O3S/c1-19(2,3)23-14-17(13-20-23)18(24)21-9-11-22(12-10-21)27(25,26)15-16-7-5-4-6-8-16/h4-8,13-14H,9-12,15H2,1-3H3. The Hall–Kier alpha value is -2.19. The van der Waals surface area contributed by atoms with Crippen LogP contribution in [0.1, 0.15) is 36.7 Å². The van der Waals surface area contributed by atoms with Gasteiger partial charge in [-0.05, 0) is 26.3 Å². The summed E-state index contributed by atoms with van der Waals surface area (Å²) in [5.74, 6) is -0.120. The van der Waals surface area contributed by atoms with Crippen molar-refractivity contribution in [2.24, 2.45) is 0 Å². The number of carbonyl (C=O) groups is 1. The van der Waals surface area contributed by atoms with E-state index in [2.05, 4.69) is 5.10 Å². The fourth-order valence-electron chi connectivity index (χ4n) is 3.03. The lowest BCUT2D eigenvalue weighted by Gasteiger charge is -2.33. The van der Waals surface area contributed by atoms with E-state index >= 15 is 0 Å². The third kappa shape index (κ3) is 4.56. The van der Waals surface area contributed by atoms with Crippen molar-refractivity contribution < 1.29 is 13.2 Å². The predicted octanol–water partition coefficient (Wildman–Crippen LogP) is 1.93. The number of carbonyl (C=O) groups excluding carboxylic acids is 1. The van der Waals surface area contributed by atoms with Gasteiger partial charge in [0.25, 0.3) is 5.91 Å². The number of aromatic nitrogens is 2. The van der Waals surface area contributed by atoms with Crippen molar-refractivity contribution in [2.75, 3.05) is 26.2 Å². The maximum atomic E-state index is 12.7. The second-order valence-corrected chi connectivity index (χ2v) is 9.75. The van der Waals surface area contributed by atoms with Crippen molar-refractivity contribution in [1.29, 1.82) is 0 Å². The smallest absolute Gasteiger partial charge is 0.257 e. The topological polar surface area (TPSA) is 75.5 Å². The number of rotatable bonds is 4. The third-order valence-electron chi connectivity index (χ3n) is 4.63. The van der Waals surface area contributed by atoms with Gasteiger partial charge in [-0.25, -0.2) is 8.42 Å². The largest absolute Gasteiger partial charge is 0.336 e. The van der Waals surface area contributed by atoms with Crippen molar-refractivity contribution >= 4 is 15.9 Å². The number of benzene rings is 1. The Bertz CT molecular complexity index is 893. The quantitative estimate of drug-likeness (QED) is 0.799. The molecule has 0 saturated carbocycles. The summed E-state index contributed by atoms with van der Waals surface area (Å²) in [7, 11) is -3.39. The molecule has 1 saturated heterocycles. The summed E-state index contributed by atoms with van der Waals surface area (Å²) in [6, 6.07) is 9.15. The molecule has 0 bridgehead atoms. The Labute approximate surface area is 160 Å². The predicted molar refractivity (Wildman–Crippen MR) is 104 cm³/mol. The molecular weight excluding hydrogens is 364 g/mol. The molecule has 0 radical (unpaired) electrons. The van der Waals surface area contributed by atoms with Gasteiger partial charge < -0.3 is 4.90 Å². The fourth-order valence-corrected chi connectivity index (χ4v) is 4.54. The van der Waals surface area contributed by atoms with Crippen molar-refractivity contribution in [1.82, 2.24) is 19.0 Å². The van der Waals surface area contributed by atoms with Gasteiger partial charge in [0.1, 0.15) is 0 Å². The summed E-state index contributed by atoms with van der Waals surface area (Å²) >= 11 is 0. The van der Waals surface area contributed by atoms with Crippen LogP contribution < -0.4 is 0 Å². The van der Waals surface area contributed by atoms with Gasteiger partial charge in [-0.2, -0.15) is 9.40 Å². The van der Waals surface area contributed by atoms with Gasteiger partial charge in [0, 0.05) is 32.4 Å². The molecule has 0 atom stereocenters. The zero-order chi connectivity index (χ0) is 19.7. The highest BCUT2D eigenvalue weighted by molar-refractivity contribution is 7.88. The lowest BCUT2D eigenvalue weighted by Crippen LogP contribution is -2.50. The van der Waals surface area contributed by atoms with Crippen LogP contribution in [0.3, 0.4) is 0 Å². The molecule has 0 unspecified atom stereocenters. The number of amides is 1. The molecule has 1 fully saturated rings. The van der Waals surface area contributed by atoms with Crippen molar-refractivity contribution in [3.8, 4) is 0 Å². The SMILES string of the molecule is CC(C)(C)n1cc(C(=O)N2CCN(S(=O)(=O)Cc3ccccc3)CC2)cn1. The highest BCUT2D eigenvalue weighted by Gasteiger charge is 2.30. The first-order chi connectivity index (χ1) is 12.7. The van der Waals surface area contributed by atoms with Crippen LogP contribution in [0.5, 0.6) is 0 Å². The maximum absolute atomic E-state index is 12.7. The van der Waals surface area contributed by atoms with E-state index in [1.807, 2.05) is 51.1 Å². The Morgan fingerprint density at radius 1 is 1.07 bits per heavy atom. The average Bonchev–Trinajstić information content (AvgIpc) is 3.12. The zero-order valence-corrected chi connectivity index (χ0v) is 16.8. The molecule has 0 N–H and O–H groups in total. The van der Waals surface area contributed by atoms with E-state index in [-0.39, 0.29) is 17.2 Å². The summed E-state index contributed by atoms with van der Waals surface area (Å²) in [5.41, 5.74) is 1.11. The Kier molecular flexibility index (Phi) is 5.39. The first kappa shape index (κ1) is 19.6. The molecule has 27 heavy (non-hydrogen) atoms. The minimum Gasteiger partial charge on any atom is -0.336 e. The van der Waals surface area contributed by atoms with Crippen molar-refractivity contribution in [2.45, 2.75) is 32.1 Å². The van der Waals surface area contributed by atoms with Gasteiger partial charge in [-0.15, -0.1) is 0 Å². The molecule has 1 amide bonds. The van der Waals surface area contributed by atoms with Gasteiger partial charge in [-0.3, -0.25) is 9.48 Å². The van der Waals surface area contributed by atoms with Crippen LogP contribution in [-0.2, 0) is 21.3 Å². The highest BCUT2D eigenvalue weighted by Crippen LogP contribution is 2.17. The third-order valence-corrected chi connectivity index (χ3v) is 6.48. The van der Waals surface area contributed by atoms with E-state index in [0.717, 1.165) is 5.56 Å². The van der Waals surface area contributed by atoms with Gasteiger partial charge in [0.05, 0.1) is 23.1 Å². The molecule has 1 aromatic carbocycles. The van der Waals surface area contributed by atoms with E-state index in [0.29, 0.717) is 31.7 Å². The normalized spacial score (nSPS) is 16.5. The van der Waals surface area contributed by atoms with Crippen molar-refractivity contribution in [3.05, 3.63) is 53.9 Å².